The van der Waals surface area contributed by atoms with Crippen LogP contribution in [0.25, 0.3) is 0 Å². The van der Waals surface area contributed by atoms with E-state index in [4.69, 9.17) is 16.3 Å². The van der Waals surface area contributed by atoms with Gasteiger partial charge in [-0.05, 0) is 42.7 Å². The van der Waals surface area contributed by atoms with Gasteiger partial charge >= 0.3 is 0 Å². The van der Waals surface area contributed by atoms with E-state index in [1.54, 1.807) is 41.3 Å². The first-order chi connectivity index (χ1) is 14.0. The maximum atomic E-state index is 12.7. The molecule has 1 aromatic carbocycles. The van der Waals surface area contributed by atoms with Crippen LogP contribution in [0, 0.1) is 0 Å². The zero-order chi connectivity index (χ0) is 20.8. The maximum absolute atomic E-state index is 12.7. The molecule has 2 heterocycles. The molecule has 2 aromatic rings. The Kier molecular flexibility index (Phi) is 7.54. The summed E-state index contributed by atoms with van der Waals surface area (Å²) >= 11 is 8.49. The quantitative estimate of drug-likeness (QED) is 0.673. The van der Waals surface area contributed by atoms with Crippen molar-refractivity contribution in [1.29, 1.82) is 0 Å². The topological polar surface area (TPSA) is 87.7 Å². The van der Waals surface area contributed by atoms with Gasteiger partial charge in [0.1, 0.15) is 12.6 Å². The number of halogens is 1. The third kappa shape index (κ3) is 5.72. The Morgan fingerprint density at radius 3 is 2.66 bits per heavy atom. The second kappa shape index (κ2) is 10.1. The first-order valence-electron chi connectivity index (χ1n) is 8.82. The fraction of sp³-hybridized carbons (Fsp3) is 0.316. The Hall–Kier alpha value is -2.07. The Balaban J connectivity index is 1.63. The number of nitrogens with zero attached hydrogens (tertiary/aromatic N) is 1. The molecule has 1 saturated heterocycles. The molecule has 3 amide bonds. The Morgan fingerprint density at radius 1 is 1.28 bits per heavy atom. The number of carbonyl (C=O) groups is 3. The van der Waals surface area contributed by atoms with E-state index in [1.165, 1.54) is 11.8 Å². The monoisotopic (exact) mass is 453 g/mol. The molecule has 154 valence electrons. The molecule has 29 heavy (non-hydrogen) atoms. The van der Waals surface area contributed by atoms with Crippen molar-refractivity contribution in [3.8, 4) is 0 Å². The van der Waals surface area contributed by atoms with Crippen LogP contribution in [0.1, 0.15) is 9.67 Å². The minimum atomic E-state index is -0.695. The molecule has 0 radical (unpaired) electrons. The summed E-state index contributed by atoms with van der Waals surface area (Å²) in [6, 6.07) is 9.58. The van der Waals surface area contributed by atoms with E-state index in [0.29, 0.717) is 33.8 Å². The van der Waals surface area contributed by atoms with Crippen LogP contribution in [-0.2, 0) is 14.3 Å². The second-order valence-corrected chi connectivity index (χ2v) is 8.85. The number of amides is 3. The van der Waals surface area contributed by atoms with Crippen molar-refractivity contribution in [3.63, 3.8) is 0 Å². The van der Waals surface area contributed by atoms with Crippen molar-refractivity contribution in [2.75, 3.05) is 42.0 Å². The molecule has 1 unspecified atom stereocenters. The summed E-state index contributed by atoms with van der Waals surface area (Å²) in [5.41, 5.74) is 1.33. The highest BCUT2D eigenvalue weighted by Crippen LogP contribution is 2.22. The lowest BCUT2D eigenvalue weighted by atomic mass is 10.2. The van der Waals surface area contributed by atoms with Gasteiger partial charge in [0, 0.05) is 23.7 Å². The summed E-state index contributed by atoms with van der Waals surface area (Å²) in [6.45, 7) is 1.07. The molecule has 3 rings (SSSR count). The van der Waals surface area contributed by atoms with Crippen LogP contribution in [0.15, 0.2) is 36.4 Å². The minimum absolute atomic E-state index is 0.0734. The Bertz CT molecular complexity index is 888. The van der Waals surface area contributed by atoms with E-state index in [2.05, 4.69) is 10.6 Å². The second-order valence-electron chi connectivity index (χ2n) is 6.22. The van der Waals surface area contributed by atoms with E-state index >= 15 is 0 Å². The first kappa shape index (κ1) is 21.6. The molecule has 0 bridgehead atoms. The smallest absolute Gasteiger partial charge is 0.262 e. The average molecular weight is 454 g/mol. The zero-order valence-electron chi connectivity index (χ0n) is 15.6. The summed E-state index contributed by atoms with van der Waals surface area (Å²) in [5, 5.41) is 5.56. The van der Waals surface area contributed by atoms with E-state index in [0.717, 1.165) is 17.0 Å². The molecule has 1 aromatic heterocycles. The number of benzene rings is 1. The maximum Gasteiger partial charge on any atom is 0.262 e. The lowest BCUT2D eigenvalue weighted by Gasteiger charge is -2.27. The molecule has 0 saturated carbocycles. The predicted molar refractivity (Wildman–Crippen MR) is 117 cm³/mol. The number of carbonyl (C=O) groups excluding carboxylic acids is 3. The highest BCUT2D eigenvalue weighted by atomic mass is 35.5. The largest absolute Gasteiger partial charge is 0.370 e. The summed E-state index contributed by atoms with van der Waals surface area (Å²) in [6.07, 6.45) is 1.86. The number of rotatable bonds is 7. The van der Waals surface area contributed by atoms with Gasteiger partial charge in [0.2, 0.25) is 5.91 Å². The summed E-state index contributed by atoms with van der Waals surface area (Å²) in [5.74, 6) is -0.316. The fourth-order valence-corrected chi connectivity index (χ4v) is 4.27. The van der Waals surface area contributed by atoms with Gasteiger partial charge in [0.05, 0.1) is 15.8 Å². The van der Waals surface area contributed by atoms with Crippen LogP contribution in [-0.4, -0.2) is 55.5 Å². The third-order valence-corrected chi connectivity index (χ3v) is 6.08. The van der Waals surface area contributed by atoms with Crippen LogP contribution in [0.3, 0.4) is 0 Å². The van der Waals surface area contributed by atoms with Crippen molar-refractivity contribution in [2.24, 2.45) is 0 Å². The van der Waals surface area contributed by atoms with Crippen LogP contribution >= 0.6 is 34.7 Å². The molecule has 1 aliphatic heterocycles. The molecule has 7 nitrogen and oxygen atoms in total. The van der Waals surface area contributed by atoms with Gasteiger partial charge in [-0.15, -0.1) is 11.3 Å². The van der Waals surface area contributed by atoms with Crippen molar-refractivity contribution >= 4 is 63.8 Å². The third-order valence-electron chi connectivity index (χ3n) is 4.18. The molecule has 0 aliphatic carbocycles. The fourth-order valence-electron chi connectivity index (χ4n) is 2.76. The molecular formula is C19H20ClN3O4S2. The molecule has 0 spiro atoms. The van der Waals surface area contributed by atoms with Crippen molar-refractivity contribution in [1.82, 2.24) is 5.32 Å². The van der Waals surface area contributed by atoms with Gasteiger partial charge < -0.3 is 20.3 Å². The van der Waals surface area contributed by atoms with Crippen LogP contribution in [0.4, 0.5) is 11.4 Å². The SMILES string of the molecule is CSCC(NC(=O)c1ccc(Cl)s1)C(=O)Nc1ccc(N2CCOCC2=O)cc1. The number of anilines is 2. The molecule has 10 heteroatoms. The van der Waals surface area contributed by atoms with Gasteiger partial charge in [0.15, 0.2) is 0 Å². The van der Waals surface area contributed by atoms with E-state index in [-0.39, 0.29) is 24.3 Å². The number of nitrogens with one attached hydrogen (secondary N) is 2. The number of morpholine rings is 1. The molecule has 1 aliphatic rings. The zero-order valence-corrected chi connectivity index (χ0v) is 18.0. The Labute approximate surface area is 181 Å². The van der Waals surface area contributed by atoms with E-state index in [9.17, 15) is 14.4 Å². The number of hydrogen-bond acceptors (Lipinski definition) is 6. The van der Waals surface area contributed by atoms with Gasteiger partial charge in [-0.25, -0.2) is 0 Å². The highest BCUT2D eigenvalue weighted by Gasteiger charge is 2.23. The highest BCUT2D eigenvalue weighted by molar-refractivity contribution is 7.98. The van der Waals surface area contributed by atoms with Gasteiger partial charge in [-0.3, -0.25) is 14.4 Å². The van der Waals surface area contributed by atoms with Gasteiger partial charge in [-0.2, -0.15) is 11.8 Å². The normalized spacial score (nSPS) is 15.1. The molecule has 1 fully saturated rings. The van der Waals surface area contributed by atoms with E-state index < -0.39 is 6.04 Å². The summed E-state index contributed by atoms with van der Waals surface area (Å²) in [4.78, 5) is 39.0. The number of hydrogen-bond donors (Lipinski definition) is 2. The number of thioether (sulfide) groups is 1. The summed E-state index contributed by atoms with van der Waals surface area (Å²) < 4.78 is 5.65. The van der Waals surface area contributed by atoms with Crippen molar-refractivity contribution in [2.45, 2.75) is 6.04 Å². The standard InChI is InChI=1S/C19H20ClN3O4S2/c1-28-11-14(22-19(26)15-6-7-16(20)29-15)18(25)21-12-2-4-13(5-3-12)23-8-9-27-10-17(23)24/h2-7,14H,8-11H2,1H3,(H,21,25)(H,22,26). The van der Waals surface area contributed by atoms with Gasteiger partial charge in [0.25, 0.3) is 11.8 Å². The van der Waals surface area contributed by atoms with Crippen molar-refractivity contribution < 1.29 is 19.1 Å². The lowest BCUT2D eigenvalue weighted by molar-refractivity contribution is -0.125. The average Bonchev–Trinajstić information content (AvgIpc) is 3.15. The number of ether oxygens (including phenoxy) is 1. The molecular weight excluding hydrogens is 434 g/mol. The number of thiophene rings is 1. The van der Waals surface area contributed by atoms with Crippen molar-refractivity contribution in [3.05, 3.63) is 45.6 Å². The van der Waals surface area contributed by atoms with Crippen LogP contribution < -0.4 is 15.5 Å². The summed E-state index contributed by atoms with van der Waals surface area (Å²) in [7, 11) is 0. The van der Waals surface area contributed by atoms with Crippen LogP contribution in [0.5, 0.6) is 0 Å². The predicted octanol–water partition coefficient (Wildman–Crippen LogP) is 2.86. The lowest BCUT2D eigenvalue weighted by Crippen LogP contribution is -2.45. The van der Waals surface area contributed by atoms with Crippen LogP contribution in [0.2, 0.25) is 4.34 Å². The first-order valence-corrected chi connectivity index (χ1v) is 11.4. The molecule has 1 atom stereocenters. The molecule has 2 N–H and O–H groups in total. The minimum Gasteiger partial charge on any atom is -0.370 e. The Morgan fingerprint density at radius 2 is 2.03 bits per heavy atom. The van der Waals surface area contributed by atoms with Gasteiger partial charge in [-0.1, -0.05) is 11.6 Å². The van der Waals surface area contributed by atoms with E-state index in [1.807, 2.05) is 6.26 Å².